The number of nitrogens with zero attached hydrogens (tertiary/aromatic N) is 2. The van der Waals surface area contributed by atoms with Crippen molar-refractivity contribution < 1.29 is 14.1 Å². The molecule has 0 unspecified atom stereocenters. The Kier molecular flexibility index (Phi) is 6.61. The van der Waals surface area contributed by atoms with Crippen LogP contribution in [0, 0.1) is 13.8 Å². The maximum atomic E-state index is 12.3. The van der Waals surface area contributed by atoms with Gasteiger partial charge in [0.05, 0.1) is 11.3 Å². The second-order valence-corrected chi connectivity index (χ2v) is 6.01. The first-order valence-electron chi connectivity index (χ1n) is 7.40. The van der Waals surface area contributed by atoms with Crippen LogP contribution in [0.3, 0.4) is 0 Å². The highest BCUT2D eigenvalue weighted by Crippen LogP contribution is 2.27. The van der Waals surface area contributed by atoms with Crippen LogP contribution in [-0.2, 0) is 10.5 Å². The van der Waals surface area contributed by atoms with Gasteiger partial charge in [0, 0.05) is 37.8 Å². The van der Waals surface area contributed by atoms with Gasteiger partial charge in [-0.05, 0) is 32.4 Å². The van der Waals surface area contributed by atoms with Gasteiger partial charge in [0.1, 0.15) is 10.8 Å². The molecule has 2 aromatic heterocycles. The van der Waals surface area contributed by atoms with Gasteiger partial charge < -0.3 is 14.6 Å². The van der Waals surface area contributed by atoms with E-state index in [-0.39, 0.29) is 5.91 Å². The molecule has 0 saturated carbocycles. The van der Waals surface area contributed by atoms with E-state index in [9.17, 15) is 4.79 Å². The molecular formula is C16H21N3O3S. The van der Waals surface area contributed by atoms with Crippen LogP contribution in [-0.4, -0.2) is 36.3 Å². The highest BCUT2D eigenvalue weighted by Gasteiger charge is 2.15. The molecule has 2 rings (SSSR count). The van der Waals surface area contributed by atoms with Crippen LogP contribution in [0.1, 0.15) is 33.8 Å². The molecule has 0 aromatic carbocycles. The minimum atomic E-state index is -0.115. The van der Waals surface area contributed by atoms with Gasteiger partial charge in [-0.25, -0.2) is 4.98 Å². The van der Waals surface area contributed by atoms with E-state index in [1.165, 1.54) is 11.8 Å². The van der Waals surface area contributed by atoms with Crippen LogP contribution in [0.25, 0.3) is 0 Å². The Bertz CT molecular complexity index is 638. The summed E-state index contributed by atoms with van der Waals surface area (Å²) in [6, 6.07) is 3.55. The molecule has 0 radical (unpaired) electrons. The number of methoxy groups -OCH3 is 1. The Morgan fingerprint density at radius 1 is 1.43 bits per heavy atom. The molecule has 0 saturated heterocycles. The van der Waals surface area contributed by atoms with Crippen LogP contribution in [0.4, 0.5) is 0 Å². The van der Waals surface area contributed by atoms with Crippen LogP contribution in [0.2, 0.25) is 0 Å². The Labute approximate surface area is 140 Å². The SMILES string of the molecule is COCCCNC(=O)c1cccnc1SCc1c(C)noc1C. The predicted octanol–water partition coefficient (Wildman–Crippen LogP) is 2.75. The summed E-state index contributed by atoms with van der Waals surface area (Å²) < 4.78 is 10.1. The molecule has 0 aliphatic heterocycles. The minimum absolute atomic E-state index is 0.115. The van der Waals surface area contributed by atoms with Crippen molar-refractivity contribution in [2.45, 2.75) is 31.0 Å². The van der Waals surface area contributed by atoms with Crippen molar-refractivity contribution in [3.8, 4) is 0 Å². The van der Waals surface area contributed by atoms with Gasteiger partial charge >= 0.3 is 0 Å². The van der Waals surface area contributed by atoms with Gasteiger partial charge in [-0.3, -0.25) is 4.79 Å². The zero-order chi connectivity index (χ0) is 16.7. The normalized spacial score (nSPS) is 10.7. The molecule has 1 amide bonds. The lowest BCUT2D eigenvalue weighted by Crippen LogP contribution is -2.25. The van der Waals surface area contributed by atoms with E-state index in [1.54, 1.807) is 25.4 Å². The third-order valence-electron chi connectivity index (χ3n) is 3.36. The van der Waals surface area contributed by atoms with Crippen molar-refractivity contribution in [2.75, 3.05) is 20.3 Å². The largest absolute Gasteiger partial charge is 0.385 e. The number of rotatable bonds is 8. The van der Waals surface area contributed by atoms with Gasteiger partial charge in [0.25, 0.3) is 5.91 Å². The smallest absolute Gasteiger partial charge is 0.254 e. The topological polar surface area (TPSA) is 77.2 Å². The van der Waals surface area contributed by atoms with E-state index in [0.717, 1.165) is 23.4 Å². The average molecular weight is 335 g/mol. The number of aromatic nitrogens is 2. The number of carbonyl (C=O) groups is 1. The second kappa shape index (κ2) is 8.69. The first-order valence-corrected chi connectivity index (χ1v) is 8.38. The summed E-state index contributed by atoms with van der Waals surface area (Å²) in [6.45, 7) is 5.00. The molecule has 23 heavy (non-hydrogen) atoms. The van der Waals surface area contributed by atoms with Gasteiger partial charge in [0.15, 0.2) is 0 Å². The number of carbonyl (C=O) groups excluding carboxylic acids is 1. The number of hydrogen-bond donors (Lipinski definition) is 1. The number of nitrogens with one attached hydrogen (secondary N) is 1. The molecule has 1 N–H and O–H groups in total. The van der Waals surface area contributed by atoms with Crippen molar-refractivity contribution >= 4 is 17.7 Å². The Hall–Kier alpha value is -1.86. The first-order chi connectivity index (χ1) is 11.1. The average Bonchev–Trinajstić information content (AvgIpc) is 2.88. The third kappa shape index (κ3) is 4.80. The van der Waals surface area contributed by atoms with Gasteiger partial charge in [0.2, 0.25) is 0 Å². The molecule has 0 aliphatic rings. The highest BCUT2D eigenvalue weighted by molar-refractivity contribution is 7.98. The number of pyridine rings is 1. The lowest BCUT2D eigenvalue weighted by Gasteiger charge is -2.09. The number of thioether (sulfide) groups is 1. The first kappa shape index (κ1) is 17.5. The van der Waals surface area contributed by atoms with Crippen LogP contribution in [0.15, 0.2) is 27.9 Å². The van der Waals surface area contributed by atoms with Crippen molar-refractivity contribution in [2.24, 2.45) is 0 Å². The summed E-state index contributed by atoms with van der Waals surface area (Å²) in [4.78, 5) is 16.6. The van der Waals surface area contributed by atoms with Gasteiger partial charge in [-0.1, -0.05) is 5.16 Å². The van der Waals surface area contributed by atoms with Crippen LogP contribution < -0.4 is 5.32 Å². The van der Waals surface area contributed by atoms with Crippen molar-refractivity contribution in [1.82, 2.24) is 15.5 Å². The summed E-state index contributed by atoms with van der Waals surface area (Å²) in [5.74, 6) is 1.36. The lowest BCUT2D eigenvalue weighted by molar-refractivity contribution is 0.0945. The van der Waals surface area contributed by atoms with Crippen molar-refractivity contribution in [1.29, 1.82) is 0 Å². The van der Waals surface area contributed by atoms with E-state index in [4.69, 9.17) is 9.26 Å². The van der Waals surface area contributed by atoms with E-state index in [1.807, 2.05) is 13.8 Å². The molecule has 2 heterocycles. The standard InChI is InChI=1S/C16H21N3O3S/c1-11-14(12(2)22-19-11)10-23-16-13(6-4-7-18-16)15(20)17-8-5-9-21-3/h4,6-7H,5,8-10H2,1-3H3,(H,17,20). The molecule has 124 valence electrons. The number of aryl methyl sites for hydroxylation is 2. The molecule has 2 aromatic rings. The number of ether oxygens (including phenoxy) is 1. The van der Waals surface area contributed by atoms with Gasteiger partial charge in [-0.15, -0.1) is 11.8 Å². The highest BCUT2D eigenvalue weighted by atomic mass is 32.2. The summed E-state index contributed by atoms with van der Waals surface area (Å²) in [5.41, 5.74) is 2.50. The molecular weight excluding hydrogens is 314 g/mol. The molecule has 6 nitrogen and oxygen atoms in total. The quantitative estimate of drug-likeness (QED) is 0.590. The predicted molar refractivity (Wildman–Crippen MR) is 88.6 cm³/mol. The molecule has 0 atom stereocenters. The molecule has 7 heteroatoms. The lowest BCUT2D eigenvalue weighted by atomic mass is 10.2. The van der Waals surface area contributed by atoms with E-state index < -0.39 is 0 Å². The molecule has 0 fully saturated rings. The zero-order valence-corrected chi connectivity index (χ0v) is 14.4. The van der Waals surface area contributed by atoms with Crippen LogP contribution in [0.5, 0.6) is 0 Å². The van der Waals surface area contributed by atoms with E-state index >= 15 is 0 Å². The van der Waals surface area contributed by atoms with Crippen molar-refractivity contribution in [3.63, 3.8) is 0 Å². The summed E-state index contributed by atoms with van der Waals surface area (Å²) in [7, 11) is 1.65. The fourth-order valence-electron chi connectivity index (χ4n) is 2.04. The summed E-state index contributed by atoms with van der Waals surface area (Å²) in [5, 5.41) is 7.54. The minimum Gasteiger partial charge on any atom is -0.385 e. The second-order valence-electron chi connectivity index (χ2n) is 5.05. The number of amides is 1. The Balaban J connectivity index is 2.01. The Morgan fingerprint density at radius 3 is 2.96 bits per heavy atom. The van der Waals surface area contributed by atoms with Crippen molar-refractivity contribution in [3.05, 3.63) is 40.9 Å². The fourth-order valence-corrected chi connectivity index (χ4v) is 3.19. The Morgan fingerprint density at radius 2 is 2.26 bits per heavy atom. The van der Waals surface area contributed by atoms with Gasteiger partial charge in [-0.2, -0.15) is 0 Å². The summed E-state index contributed by atoms with van der Waals surface area (Å²) in [6.07, 6.45) is 2.47. The monoisotopic (exact) mass is 335 g/mol. The maximum Gasteiger partial charge on any atom is 0.254 e. The maximum absolute atomic E-state index is 12.3. The van der Waals surface area contributed by atoms with Crippen LogP contribution >= 0.6 is 11.8 Å². The zero-order valence-electron chi connectivity index (χ0n) is 13.6. The van der Waals surface area contributed by atoms with E-state index in [2.05, 4.69) is 15.5 Å². The number of hydrogen-bond acceptors (Lipinski definition) is 6. The third-order valence-corrected chi connectivity index (χ3v) is 4.39. The molecule has 0 bridgehead atoms. The van der Waals surface area contributed by atoms with E-state index in [0.29, 0.717) is 29.5 Å². The molecule has 0 spiro atoms. The fraction of sp³-hybridized carbons (Fsp3) is 0.438. The summed E-state index contributed by atoms with van der Waals surface area (Å²) >= 11 is 1.51. The molecule has 0 aliphatic carbocycles.